The van der Waals surface area contributed by atoms with Crippen LogP contribution in [0, 0.1) is 0 Å². The standard InChI is InChI=1S/C21H22ClFN2O3S/c22-18-7-5-15(6-8-18)14-29(27,28)25-13-19(23)11-20(25)21(26)24-10-9-16-3-1-2-4-17(16)12-24/h1-8,19-20H,9-14H2/t19-,20-/m0/s1. The van der Waals surface area contributed by atoms with Gasteiger partial charge in [0.2, 0.25) is 15.9 Å². The number of benzene rings is 2. The molecule has 1 saturated heterocycles. The van der Waals surface area contributed by atoms with Crippen LogP contribution in [0.1, 0.15) is 23.1 Å². The summed E-state index contributed by atoms with van der Waals surface area (Å²) in [6, 6.07) is 13.4. The van der Waals surface area contributed by atoms with Gasteiger partial charge in [0.25, 0.3) is 0 Å². The molecular weight excluding hydrogens is 415 g/mol. The third-order valence-electron chi connectivity index (χ3n) is 5.55. The number of carbonyl (C=O) groups excluding carboxylic acids is 1. The molecule has 8 heteroatoms. The lowest BCUT2D eigenvalue weighted by Crippen LogP contribution is -2.49. The minimum absolute atomic E-state index is 0.100. The van der Waals surface area contributed by atoms with E-state index in [-0.39, 0.29) is 24.6 Å². The number of hydrogen-bond donors (Lipinski definition) is 0. The van der Waals surface area contributed by atoms with Crippen molar-refractivity contribution in [2.75, 3.05) is 13.1 Å². The predicted octanol–water partition coefficient (Wildman–Crippen LogP) is 3.17. The van der Waals surface area contributed by atoms with E-state index in [2.05, 4.69) is 0 Å². The highest BCUT2D eigenvalue weighted by molar-refractivity contribution is 7.88. The van der Waals surface area contributed by atoms with Gasteiger partial charge >= 0.3 is 0 Å². The van der Waals surface area contributed by atoms with Crippen LogP contribution in [0.3, 0.4) is 0 Å². The second-order valence-corrected chi connectivity index (χ2v) is 9.94. The fourth-order valence-corrected chi connectivity index (χ4v) is 5.92. The predicted molar refractivity (Wildman–Crippen MR) is 110 cm³/mol. The summed E-state index contributed by atoms with van der Waals surface area (Å²) < 4.78 is 41.2. The van der Waals surface area contributed by atoms with Crippen molar-refractivity contribution in [1.29, 1.82) is 0 Å². The Balaban J connectivity index is 1.53. The minimum Gasteiger partial charge on any atom is -0.337 e. The molecule has 0 radical (unpaired) electrons. The second-order valence-electron chi connectivity index (χ2n) is 7.58. The van der Waals surface area contributed by atoms with E-state index in [0.29, 0.717) is 30.1 Å². The lowest BCUT2D eigenvalue weighted by Gasteiger charge is -2.33. The fourth-order valence-electron chi connectivity index (χ4n) is 4.06. The molecule has 29 heavy (non-hydrogen) atoms. The Bertz CT molecular complexity index is 1010. The summed E-state index contributed by atoms with van der Waals surface area (Å²) in [6.45, 7) is 0.651. The number of fused-ring (bicyclic) bond motifs is 1. The summed E-state index contributed by atoms with van der Waals surface area (Å²) in [7, 11) is -3.85. The van der Waals surface area contributed by atoms with Gasteiger partial charge in [0.05, 0.1) is 5.75 Å². The molecule has 2 aliphatic rings. The maximum Gasteiger partial charge on any atom is 0.241 e. The third-order valence-corrected chi connectivity index (χ3v) is 7.62. The van der Waals surface area contributed by atoms with Crippen molar-refractivity contribution in [3.05, 3.63) is 70.2 Å². The van der Waals surface area contributed by atoms with Crippen molar-refractivity contribution < 1.29 is 17.6 Å². The Kier molecular flexibility index (Phi) is 5.64. The summed E-state index contributed by atoms with van der Waals surface area (Å²) in [4.78, 5) is 14.8. The molecule has 5 nitrogen and oxygen atoms in total. The molecule has 0 saturated carbocycles. The van der Waals surface area contributed by atoms with E-state index >= 15 is 0 Å². The molecular formula is C21H22ClFN2O3S. The van der Waals surface area contributed by atoms with E-state index in [4.69, 9.17) is 11.6 Å². The van der Waals surface area contributed by atoms with E-state index in [9.17, 15) is 17.6 Å². The quantitative estimate of drug-likeness (QED) is 0.739. The summed E-state index contributed by atoms with van der Waals surface area (Å²) in [5, 5.41) is 0.509. The molecule has 0 aromatic heterocycles. The van der Waals surface area contributed by atoms with Gasteiger partial charge in [-0.2, -0.15) is 4.31 Å². The lowest BCUT2D eigenvalue weighted by molar-refractivity contribution is -0.135. The molecule has 0 spiro atoms. The van der Waals surface area contributed by atoms with Gasteiger partial charge in [-0.1, -0.05) is 48.0 Å². The van der Waals surface area contributed by atoms with Crippen molar-refractivity contribution in [2.24, 2.45) is 0 Å². The molecule has 2 heterocycles. The minimum atomic E-state index is -3.85. The zero-order valence-corrected chi connectivity index (χ0v) is 17.4. The first-order valence-corrected chi connectivity index (χ1v) is 11.6. The van der Waals surface area contributed by atoms with Gasteiger partial charge in [0.15, 0.2) is 0 Å². The highest BCUT2D eigenvalue weighted by atomic mass is 35.5. The van der Waals surface area contributed by atoms with Crippen LogP contribution in [0.25, 0.3) is 0 Å². The molecule has 0 N–H and O–H groups in total. The van der Waals surface area contributed by atoms with Crippen LogP contribution in [0.2, 0.25) is 5.02 Å². The first-order chi connectivity index (χ1) is 13.8. The maximum atomic E-state index is 14.2. The zero-order valence-electron chi connectivity index (χ0n) is 15.8. The number of amides is 1. The van der Waals surface area contributed by atoms with Gasteiger partial charge in [-0.05, 0) is 35.2 Å². The molecule has 2 aliphatic heterocycles. The highest BCUT2D eigenvalue weighted by Crippen LogP contribution is 2.29. The largest absolute Gasteiger partial charge is 0.337 e. The molecule has 2 aromatic carbocycles. The number of halogens is 2. The molecule has 4 rings (SSSR count). The summed E-state index contributed by atoms with van der Waals surface area (Å²) >= 11 is 5.86. The van der Waals surface area contributed by atoms with E-state index in [1.807, 2.05) is 24.3 Å². The molecule has 1 fully saturated rings. The summed E-state index contributed by atoms with van der Waals surface area (Å²) in [5.74, 6) is -0.608. The Morgan fingerprint density at radius 1 is 1.10 bits per heavy atom. The van der Waals surface area contributed by atoms with Gasteiger partial charge in [0.1, 0.15) is 12.2 Å². The average Bonchev–Trinajstić information content (AvgIpc) is 3.11. The van der Waals surface area contributed by atoms with Crippen LogP contribution in [-0.2, 0) is 33.5 Å². The second kappa shape index (κ2) is 8.05. The first-order valence-electron chi connectivity index (χ1n) is 9.57. The highest BCUT2D eigenvalue weighted by Gasteiger charge is 2.45. The molecule has 0 unspecified atom stereocenters. The van der Waals surface area contributed by atoms with Gasteiger partial charge in [-0.3, -0.25) is 4.79 Å². The van der Waals surface area contributed by atoms with Crippen LogP contribution < -0.4 is 0 Å². The van der Waals surface area contributed by atoms with Crippen LogP contribution in [0.5, 0.6) is 0 Å². The molecule has 2 atom stereocenters. The fraction of sp³-hybridized carbons (Fsp3) is 0.381. The number of alkyl halides is 1. The van der Waals surface area contributed by atoms with Gasteiger partial charge in [-0.15, -0.1) is 0 Å². The van der Waals surface area contributed by atoms with E-state index in [1.165, 1.54) is 5.56 Å². The van der Waals surface area contributed by atoms with Crippen molar-refractivity contribution >= 4 is 27.5 Å². The van der Waals surface area contributed by atoms with Crippen LogP contribution >= 0.6 is 11.6 Å². The topological polar surface area (TPSA) is 57.7 Å². The van der Waals surface area contributed by atoms with Crippen LogP contribution in [0.4, 0.5) is 4.39 Å². The Hall–Kier alpha value is -1.96. The van der Waals surface area contributed by atoms with Crippen molar-refractivity contribution in [1.82, 2.24) is 9.21 Å². The van der Waals surface area contributed by atoms with E-state index in [1.54, 1.807) is 29.2 Å². The van der Waals surface area contributed by atoms with Crippen molar-refractivity contribution in [3.8, 4) is 0 Å². The number of rotatable bonds is 4. The summed E-state index contributed by atoms with van der Waals surface area (Å²) in [5.41, 5.74) is 2.80. The van der Waals surface area contributed by atoms with E-state index in [0.717, 1.165) is 9.87 Å². The Morgan fingerprint density at radius 3 is 2.52 bits per heavy atom. The SMILES string of the molecule is O=C([C@@H]1C[C@H](F)CN1S(=O)(=O)Cc1ccc(Cl)cc1)N1CCc2ccccc2C1. The van der Waals surface area contributed by atoms with Gasteiger partial charge in [0, 0.05) is 31.1 Å². The number of nitrogens with zero attached hydrogens (tertiary/aromatic N) is 2. The average molecular weight is 437 g/mol. The van der Waals surface area contributed by atoms with Crippen molar-refractivity contribution in [3.63, 3.8) is 0 Å². The Morgan fingerprint density at radius 2 is 1.79 bits per heavy atom. The zero-order chi connectivity index (χ0) is 20.6. The lowest BCUT2D eigenvalue weighted by atomic mass is 9.99. The molecule has 154 valence electrons. The number of hydrogen-bond acceptors (Lipinski definition) is 3. The van der Waals surface area contributed by atoms with Gasteiger partial charge < -0.3 is 4.90 Å². The summed E-state index contributed by atoms with van der Waals surface area (Å²) in [6.07, 6.45) is -0.733. The normalized spacial score (nSPS) is 22.5. The van der Waals surface area contributed by atoms with E-state index < -0.39 is 22.2 Å². The third kappa shape index (κ3) is 4.32. The Labute approximate surface area is 175 Å². The van der Waals surface area contributed by atoms with Crippen LogP contribution in [0.15, 0.2) is 48.5 Å². The molecule has 0 aliphatic carbocycles. The smallest absolute Gasteiger partial charge is 0.241 e. The molecule has 0 bridgehead atoms. The van der Waals surface area contributed by atoms with Gasteiger partial charge in [-0.25, -0.2) is 12.8 Å². The molecule has 2 aromatic rings. The molecule has 1 amide bonds. The van der Waals surface area contributed by atoms with Crippen LogP contribution in [-0.4, -0.2) is 48.8 Å². The van der Waals surface area contributed by atoms with Crippen molar-refractivity contribution in [2.45, 2.75) is 37.4 Å². The number of carbonyl (C=O) groups is 1. The maximum absolute atomic E-state index is 14.2. The number of sulfonamides is 1. The first kappa shape index (κ1) is 20.3. The monoisotopic (exact) mass is 436 g/mol.